The van der Waals surface area contributed by atoms with E-state index in [4.69, 9.17) is 11.6 Å². The van der Waals surface area contributed by atoms with Crippen LogP contribution >= 0.6 is 11.6 Å². The van der Waals surface area contributed by atoms with Crippen LogP contribution in [-0.4, -0.2) is 9.78 Å². The van der Waals surface area contributed by atoms with Gasteiger partial charge in [0.15, 0.2) is 0 Å². The Labute approximate surface area is 101 Å². The number of benzene rings is 1. The highest BCUT2D eigenvalue weighted by Crippen LogP contribution is 2.17. The van der Waals surface area contributed by atoms with Crippen LogP contribution in [0, 0.1) is 6.92 Å². The highest BCUT2D eigenvalue weighted by molar-refractivity contribution is 6.17. The molecule has 0 bridgehead atoms. The number of aromatic nitrogens is 2. The molecule has 2 rings (SSSR count). The van der Waals surface area contributed by atoms with Crippen LogP contribution in [-0.2, 0) is 12.3 Å². The van der Waals surface area contributed by atoms with Crippen molar-refractivity contribution in [2.24, 2.45) is 0 Å². The van der Waals surface area contributed by atoms with Gasteiger partial charge in [-0.2, -0.15) is 5.10 Å². The van der Waals surface area contributed by atoms with Crippen LogP contribution in [0.15, 0.2) is 30.5 Å². The van der Waals surface area contributed by atoms with Crippen LogP contribution in [0.3, 0.4) is 0 Å². The normalized spacial score (nSPS) is 10.7. The summed E-state index contributed by atoms with van der Waals surface area (Å²) in [6.07, 6.45) is 2.80. The number of hydrogen-bond acceptors (Lipinski definition) is 1. The Kier molecular flexibility index (Phi) is 3.30. The van der Waals surface area contributed by atoms with E-state index in [1.165, 1.54) is 11.3 Å². The summed E-state index contributed by atoms with van der Waals surface area (Å²) < 4.78 is 1.98. The second kappa shape index (κ2) is 4.71. The summed E-state index contributed by atoms with van der Waals surface area (Å²) >= 11 is 5.89. The minimum atomic E-state index is 0.523. The zero-order chi connectivity index (χ0) is 11.5. The zero-order valence-corrected chi connectivity index (χ0v) is 10.3. The molecule has 16 heavy (non-hydrogen) atoms. The summed E-state index contributed by atoms with van der Waals surface area (Å²) in [6.45, 7) is 4.21. The molecule has 0 spiro atoms. The topological polar surface area (TPSA) is 17.8 Å². The van der Waals surface area contributed by atoms with Gasteiger partial charge in [-0.1, -0.05) is 19.1 Å². The maximum Gasteiger partial charge on any atom is 0.0651 e. The first-order valence-electron chi connectivity index (χ1n) is 5.45. The monoisotopic (exact) mass is 234 g/mol. The van der Waals surface area contributed by atoms with E-state index in [1.807, 2.05) is 16.9 Å². The van der Waals surface area contributed by atoms with Crippen molar-refractivity contribution in [1.29, 1.82) is 0 Å². The lowest BCUT2D eigenvalue weighted by Crippen LogP contribution is -2.02. The second-order valence-corrected chi connectivity index (χ2v) is 4.12. The standard InChI is InChI=1S/C13H15ClN2/c1-3-13-11(8-14)9-15-16(13)12-6-4-5-10(2)7-12/h4-7,9H,3,8H2,1-2H3. The molecular formula is C13H15ClN2. The molecule has 0 aliphatic carbocycles. The maximum atomic E-state index is 5.89. The lowest BCUT2D eigenvalue weighted by Gasteiger charge is -2.07. The van der Waals surface area contributed by atoms with E-state index >= 15 is 0 Å². The van der Waals surface area contributed by atoms with Gasteiger partial charge in [0, 0.05) is 11.3 Å². The first-order chi connectivity index (χ1) is 7.76. The van der Waals surface area contributed by atoms with Crippen LogP contribution in [0.25, 0.3) is 5.69 Å². The number of nitrogens with zero attached hydrogens (tertiary/aromatic N) is 2. The first-order valence-corrected chi connectivity index (χ1v) is 5.98. The Bertz CT molecular complexity index is 488. The summed E-state index contributed by atoms with van der Waals surface area (Å²) in [4.78, 5) is 0. The summed E-state index contributed by atoms with van der Waals surface area (Å²) in [6, 6.07) is 8.33. The van der Waals surface area contributed by atoms with Crippen molar-refractivity contribution in [2.75, 3.05) is 0 Å². The van der Waals surface area contributed by atoms with Crippen LogP contribution in [0.4, 0.5) is 0 Å². The molecule has 0 aliphatic heterocycles. The molecule has 84 valence electrons. The molecular weight excluding hydrogens is 220 g/mol. The van der Waals surface area contributed by atoms with Crippen LogP contribution < -0.4 is 0 Å². The van der Waals surface area contributed by atoms with E-state index in [-0.39, 0.29) is 0 Å². The summed E-state index contributed by atoms with van der Waals surface area (Å²) in [7, 11) is 0. The molecule has 0 saturated heterocycles. The van der Waals surface area contributed by atoms with E-state index in [0.29, 0.717) is 5.88 Å². The third kappa shape index (κ3) is 1.98. The van der Waals surface area contributed by atoms with Gasteiger partial charge in [0.25, 0.3) is 0 Å². The Hall–Kier alpha value is -1.28. The van der Waals surface area contributed by atoms with E-state index in [1.54, 1.807) is 0 Å². The van der Waals surface area contributed by atoms with Crippen LogP contribution in [0.2, 0.25) is 0 Å². The van der Waals surface area contributed by atoms with Crippen molar-refractivity contribution in [1.82, 2.24) is 9.78 Å². The van der Waals surface area contributed by atoms with E-state index in [2.05, 4.69) is 37.1 Å². The van der Waals surface area contributed by atoms with Gasteiger partial charge in [0.05, 0.1) is 17.8 Å². The molecule has 2 nitrogen and oxygen atoms in total. The second-order valence-electron chi connectivity index (χ2n) is 3.85. The Balaban J connectivity index is 2.51. The lowest BCUT2D eigenvalue weighted by atomic mass is 10.2. The zero-order valence-electron chi connectivity index (χ0n) is 9.57. The van der Waals surface area contributed by atoms with Crippen LogP contribution in [0.1, 0.15) is 23.7 Å². The Morgan fingerprint density at radius 2 is 2.19 bits per heavy atom. The largest absolute Gasteiger partial charge is 0.238 e. The summed E-state index contributed by atoms with van der Waals surface area (Å²) in [5.41, 5.74) is 4.65. The average molecular weight is 235 g/mol. The fraction of sp³-hybridized carbons (Fsp3) is 0.308. The summed E-state index contributed by atoms with van der Waals surface area (Å²) in [5.74, 6) is 0.523. The molecule has 3 heteroatoms. The molecule has 0 amide bonds. The van der Waals surface area contributed by atoms with Gasteiger partial charge in [-0.25, -0.2) is 4.68 Å². The van der Waals surface area contributed by atoms with E-state index in [0.717, 1.165) is 17.7 Å². The Morgan fingerprint density at radius 1 is 1.38 bits per heavy atom. The van der Waals surface area contributed by atoms with Crippen molar-refractivity contribution in [3.8, 4) is 5.69 Å². The molecule has 0 unspecified atom stereocenters. The van der Waals surface area contributed by atoms with Gasteiger partial charge in [-0.05, 0) is 31.0 Å². The highest BCUT2D eigenvalue weighted by atomic mass is 35.5. The molecule has 0 N–H and O–H groups in total. The van der Waals surface area contributed by atoms with Crippen molar-refractivity contribution in [3.05, 3.63) is 47.3 Å². The quantitative estimate of drug-likeness (QED) is 0.744. The molecule has 1 aromatic carbocycles. The molecule has 0 atom stereocenters. The van der Waals surface area contributed by atoms with Crippen molar-refractivity contribution in [2.45, 2.75) is 26.1 Å². The number of aryl methyl sites for hydroxylation is 1. The molecule has 0 aliphatic rings. The predicted molar refractivity (Wildman–Crippen MR) is 67.2 cm³/mol. The first kappa shape index (κ1) is 11.2. The van der Waals surface area contributed by atoms with Gasteiger partial charge in [0.1, 0.15) is 0 Å². The number of alkyl halides is 1. The molecule has 0 fully saturated rings. The highest BCUT2D eigenvalue weighted by Gasteiger charge is 2.09. The molecule has 1 heterocycles. The fourth-order valence-electron chi connectivity index (χ4n) is 1.88. The SMILES string of the molecule is CCc1c(CCl)cnn1-c1cccc(C)c1. The number of rotatable bonds is 3. The van der Waals surface area contributed by atoms with Gasteiger partial charge >= 0.3 is 0 Å². The molecule has 2 aromatic rings. The van der Waals surface area contributed by atoms with Gasteiger partial charge < -0.3 is 0 Å². The molecule has 1 aromatic heterocycles. The van der Waals surface area contributed by atoms with Crippen molar-refractivity contribution < 1.29 is 0 Å². The minimum absolute atomic E-state index is 0.523. The summed E-state index contributed by atoms with van der Waals surface area (Å²) in [5, 5.41) is 4.40. The third-order valence-electron chi connectivity index (χ3n) is 2.68. The smallest absolute Gasteiger partial charge is 0.0651 e. The van der Waals surface area contributed by atoms with Crippen molar-refractivity contribution >= 4 is 11.6 Å². The minimum Gasteiger partial charge on any atom is -0.238 e. The van der Waals surface area contributed by atoms with Gasteiger partial charge in [-0.15, -0.1) is 11.6 Å². The van der Waals surface area contributed by atoms with Crippen molar-refractivity contribution in [3.63, 3.8) is 0 Å². The maximum absolute atomic E-state index is 5.89. The third-order valence-corrected chi connectivity index (χ3v) is 2.97. The number of hydrogen-bond donors (Lipinski definition) is 0. The van der Waals surface area contributed by atoms with Gasteiger partial charge in [-0.3, -0.25) is 0 Å². The number of halogens is 1. The van der Waals surface area contributed by atoms with E-state index in [9.17, 15) is 0 Å². The fourth-order valence-corrected chi connectivity index (χ4v) is 2.10. The Morgan fingerprint density at radius 3 is 2.81 bits per heavy atom. The van der Waals surface area contributed by atoms with Gasteiger partial charge in [0.2, 0.25) is 0 Å². The lowest BCUT2D eigenvalue weighted by molar-refractivity contribution is 0.810. The molecule has 0 radical (unpaired) electrons. The van der Waals surface area contributed by atoms with E-state index < -0.39 is 0 Å². The molecule has 0 saturated carbocycles. The predicted octanol–water partition coefficient (Wildman–Crippen LogP) is 3.48. The average Bonchev–Trinajstić information content (AvgIpc) is 2.71. The van der Waals surface area contributed by atoms with Crippen LogP contribution in [0.5, 0.6) is 0 Å².